The molecule has 1 aromatic rings. The first-order chi connectivity index (χ1) is 10.0. The number of carbonyl (C=O) groups excluding carboxylic acids is 1. The van der Waals surface area contributed by atoms with Gasteiger partial charge in [0.2, 0.25) is 15.9 Å². The molecule has 0 aromatic heterocycles. The Morgan fingerprint density at radius 2 is 1.78 bits per heavy atom. The molecule has 11 heteroatoms. The minimum absolute atomic E-state index is 0. The van der Waals surface area contributed by atoms with Crippen molar-refractivity contribution in [1.29, 1.82) is 0 Å². The standard InChI is InChI=1S/C12H16F3N3O3S.ClH/c1-8(6-16)11(19)18-9-2-4-10(5-3-9)22(20,21)17-7-12(13,14)15;/h2-5,8,17H,6-7,16H2,1H3,(H,18,19);1H. The van der Waals surface area contributed by atoms with Crippen LogP contribution in [-0.2, 0) is 14.8 Å². The van der Waals surface area contributed by atoms with E-state index in [1.165, 1.54) is 16.9 Å². The van der Waals surface area contributed by atoms with E-state index in [2.05, 4.69) is 5.32 Å². The molecule has 0 heterocycles. The number of rotatable bonds is 6. The molecule has 6 nitrogen and oxygen atoms in total. The van der Waals surface area contributed by atoms with Gasteiger partial charge in [-0.15, -0.1) is 12.4 Å². The van der Waals surface area contributed by atoms with Crippen LogP contribution in [0.4, 0.5) is 18.9 Å². The Morgan fingerprint density at radius 3 is 2.22 bits per heavy atom. The van der Waals surface area contributed by atoms with Gasteiger partial charge in [-0.3, -0.25) is 4.79 Å². The largest absolute Gasteiger partial charge is 0.402 e. The fraction of sp³-hybridized carbons (Fsp3) is 0.417. The van der Waals surface area contributed by atoms with Crippen molar-refractivity contribution in [3.05, 3.63) is 24.3 Å². The quantitative estimate of drug-likeness (QED) is 0.701. The Bertz CT molecular complexity index is 621. The first kappa shape index (κ1) is 21.6. The predicted octanol–water partition coefficient (Wildman–Crippen LogP) is 1.48. The molecule has 0 fully saturated rings. The monoisotopic (exact) mass is 375 g/mol. The van der Waals surface area contributed by atoms with Crippen molar-refractivity contribution in [3.63, 3.8) is 0 Å². The highest BCUT2D eigenvalue weighted by atomic mass is 35.5. The average molecular weight is 376 g/mol. The maximum Gasteiger partial charge on any atom is 0.402 e. The molecule has 0 aliphatic heterocycles. The zero-order chi connectivity index (χ0) is 17.0. The molecule has 1 atom stereocenters. The Kier molecular flexibility index (Phi) is 7.98. The molecule has 0 aliphatic carbocycles. The highest BCUT2D eigenvalue weighted by Crippen LogP contribution is 2.17. The number of amides is 1. The van der Waals surface area contributed by atoms with Crippen molar-refractivity contribution >= 4 is 34.0 Å². The molecule has 1 amide bonds. The SMILES string of the molecule is CC(CN)C(=O)Nc1ccc(S(=O)(=O)NCC(F)(F)F)cc1.Cl. The van der Waals surface area contributed by atoms with E-state index in [0.717, 1.165) is 12.1 Å². The number of sulfonamides is 1. The van der Waals surface area contributed by atoms with Gasteiger partial charge in [0.15, 0.2) is 0 Å². The molecule has 4 N–H and O–H groups in total. The summed E-state index contributed by atoms with van der Waals surface area (Å²) in [5.74, 6) is -0.759. The van der Waals surface area contributed by atoms with Crippen molar-refractivity contribution < 1.29 is 26.4 Å². The van der Waals surface area contributed by atoms with Crippen molar-refractivity contribution in [2.45, 2.75) is 18.0 Å². The van der Waals surface area contributed by atoms with E-state index in [1.54, 1.807) is 6.92 Å². The molecule has 1 rings (SSSR count). The van der Waals surface area contributed by atoms with Crippen LogP contribution in [0, 0.1) is 5.92 Å². The zero-order valence-corrected chi connectivity index (χ0v) is 13.7. The van der Waals surface area contributed by atoms with Gasteiger partial charge in [-0.2, -0.15) is 13.2 Å². The number of hydrogen-bond donors (Lipinski definition) is 3. The van der Waals surface area contributed by atoms with Gasteiger partial charge in [0.25, 0.3) is 0 Å². The lowest BCUT2D eigenvalue weighted by Gasteiger charge is -2.11. The molecule has 1 unspecified atom stereocenters. The third kappa shape index (κ3) is 7.16. The van der Waals surface area contributed by atoms with Gasteiger partial charge in [-0.1, -0.05) is 6.92 Å². The average Bonchev–Trinajstić information content (AvgIpc) is 2.44. The number of anilines is 1. The van der Waals surface area contributed by atoms with Crippen LogP contribution in [0.2, 0.25) is 0 Å². The summed E-state index contributed by atoms with van der Waals surface area (Å²) in [6.07, 6.45) is -4.64. The van der Waals surface area contributed by atoms with Gasteiger partial charge in [0.1, 0.15) is 6.54 Å². The molecule has 0 saturated heterocycles. The Morgan fingerprint density at radius 1 is 1.26 bits per heavy atom. The van der Waals surface area contributed by atoms with Crippen LogP contribution in [0.3, 0.4) is 0 Å². The Balaban J connectivity index is 0.00000484. The maximum atomic E-state index is 12.0. The lowest BCUT2D eigenvalue weighted by atomic mass is 10.1. The van der Waals surface area contributed by atoms with Crippen LogP contribution in [0.15, 0.2) is 29.2 Å². The summed E-state index contributed by atoms with van der Waals surface area (Å²) in [4.78, 5) is 11.3. The number of hydrogen-bond acceptors (Lipinski definition) is 4. The summed E-state index contributed by atoms with van der Waals surface area (Å²) in [7, 11) is -4.26. The normalized spacial score (nSPS) is 13.1. The van der Waals surface area contributed by atoms with Crippen LogP contribution in [-0.4, -0.2) is 33.6 Å². The van der Waals surface area contributed by atoms with E-state index in [4.69, 9.17) is 5.73 Å². The van der Waals surface area contributed by atoms with Gasteiger partial charge in [-0.05, 0) is 24.3 Å². The van der Waals surface area contributed by atoms with Gasteiger partial charge in [-0.25, -0.2) is 13.1 Å². The van der Waals surface area contributed by atoms with Gasteiger partial charge in [0.05, 0.1) is 4.90 Å². The number of nitrogens with two attached hydrogens (primary N) is 1. The Labute approximate surface area is 138 Å². The topological polar surface area (TPSA) is 101 Å². The summed E-state index contributed by atoms with van der Waals surface area (Å²) < 4.78 is 60.9. The second-order valence-electron chi connectivity index (χ2n) is 4.59. The lowest BCUT2D eigenvalue weighted by Crippen LogP contribution is -2.33. The maximum absolute atomic E-state index is 12.0. The van der Waals surface area contributed by atoms with E-state index < -0.39 is 28.7 Å². The van der Waals surface area contributed by atoms with Crippen LogP contribution < -0.4 is 15.8 Å². The molecule has 0 aliphatic rings. The van der Waals surface area contributed by atoms with Crippen LogP contribution in [0.25, 0.3) is 0 Å². The first-order valence-electron chi connectivity index (χ1n) is 6.22. The van der Waals surface area contributed by atoms with Crippen molar-refractivity contribution in [1.82, 2.24) is 4.72 Å². The van der Waals surface area contributed by atoms with Gasteiger partial charge >= 0.3 is 6.18 Å². The van der Waals surface area contributed by atoms with Crippen LogP contribution >= 0.6 is 12.4 Å². The van der Waals surface area contributed by atoms with Crippen LogP contribution in [0.5, 0.6) is 0 Å². The zero-order valence-electron chi connectivity index (χ0n) is 12.1. The molecular formula is C12H17ClF3N3O3S. The number of halogens is 4. The summed E-state index contributed by atoms with van der Waals surface area (Å²) in [5.41, 5.74) is 5.66. The van der Waals surface area contributed by atoms with Crippen molar-refractivity contribution in [3.8, 4) is 0 Å². The molecule has 0 saturated carbocycles. The van der Waals surface area contributed by atoms with E-state index in [9.17, 15) is 26.4 Å². The van der Waals surface area contributed by atoms with Crippen molar-refractivity contribution in [2.75, 3.05) is 18.4 Å². The molecular weight excluding hydrogens is 359 g/mol. The first-order valence-corrected chi connectivity index (χ1v) is 7.71. The molecule has 132 valence electrons. The number of carbonyl (C=O) groups is 1. The van der Waals surface area contributed by atoms with E-state index >= 15 is 0 Å². The van der Waals surface area contributed by atoms with Gasteiger partial charge < -0.3 is 11.1 Å². The second kappa shape index (κ2) is 8.48. The Hall–Kier alpha value is -1.36. The molecule has 0 bridgehead atoms. The second-order valence-corrected chi connectivity index (χ2v) is 6.36. The summed E-state index contributed by atoms with van der Waals surface area (Å²) in [6, 6.07) is 4.76. The highest BCUT2D eigenvalue weighted by Gasteiger charge is 2.30. The minimum Gasteiger partial charge on any atom is -0.330 e. The third-order valence-electron chi connectivity index (χ3n) is 2.70. The van der Waals surface area contributed by atoms with E-state index in [0.29, 0.717) is 5.69 Å². The third-order valence-corrected chi connectivity index (χ3v) is 4.11. The molecule has 23 heavy (non-hydrogen) atoms. The number of benzene rings is 1. The number of nitrogens with one attached hydrogen (secondary N) is 2. The molecule has 0 radical (unpaired) electrons. The highest BCUT2D eigenvalue weighted by molar-refractivity contribution is 7.89. The van der Waals surface area contributed by atoms with E-state index in [-0.39, 0.29) is 29.8 Å². The molecule has 1 aromatic carbocycles. The van der Waals surface area contributed by atoms with Crippen molar-refractivity contribution in [2.24, 2.45) is 11.7 Å². The fourth-order valence-corrected chi connectivity index (χ4v) is 2.36. The molecule has 0 spiro atoms. The summed E-state index contributed by atoms with van der Waals surface area (Å²) >= 11 is 0. The van der Waals surface area contributed by atoms with Crippen LogP contribution in [0.1, 0.15) is 6.92 Å². The summed E-state index contributed by atoms with van der Waals surface area (Å²) in [5, 5.41) is 2.51. The minimum atomic E-state index is -4.64. The predicted molar refractivity (Wildman–Crippen MR) is 81.8 cm³/mol. The number of alkyl halides is 3. The fourth-order valence-electron chi connectivity index (χ4n) is 1.35. The van der Waals surface area contributed by atoms with Gasteiger partial charge in [0, 0.05) is 18.2 Å². The lowest BCUT2D eigenvalue weighted by molar-refractivity contribution is -0.121. The summed E-state index contributed by atoms with van der Waals surface area (Å²) in [6.45, 7) is 0.122. The van der Waals surface area contributed by atoms with E-state index in [1.807, 2.05) is 0 Å². The smallest absolute Gasteiger partial charge is 0.330 e.